The van der Waals surface area contributed by atoms with Crippen LogP contribution in [0.5, 0.6) is 5.88 Å². The highest BCUT2D eigenvalue weighted by Gasteiger charge is 2.29. The van der Waals surface area contributed by atoms with Gasteiger partial charge in [-0.3, -0.25) is 0 Å². The standard InChI is InChI=1S/C14H23N3O3S/c1-3-15-10-12-6-8-17(9-7-12)21(18,19)13-4-5-14(20-2)16-11-13/h4-5,11-12,15H,3,6-10H2,1-2H3. The summed E-state index contributed by atoms with van der Waals surface area (Å²) < 4.78 is 31.6. The van der Waals surface area contributed by atoms with Crippen LogP contribution in [0.2, 0.25) is 0 Å². The fourth-order valence-electron chi connectivity index (χ4n) is 2.49. The minimum Gasteiger partial charge on any atom is -0.481 e. The molecule has 2 heterocycles. The van der Waals surface area contributed by atoms with Gasteiger partial charge in [0.25, 0.3) is 0 Å². The van der Waals surface area contributed by atoms with E-state index in [4.69, 9.17) is 4.74 Å². The number of sulfonamides is 1. The third-order valence-electron chi connectivity index (χ3n) is 3.81. The van der Waals surface area contributed by atoms with Crippen molar-refractivity contribution in [3.63, 3.8) is 0 Å². The number of pyridine rings is 1. The molecule has 0 radical (unpaired) electrons. The molecular weight excluding hydrogens is 290 g/mol. The van der Waals surface area contributed by atoms with Crippen molar-refractivity contribution in [1.82, 2.24) is 14.6 Å². The Kier molecular flexibility index (Phi) is 5.55. The number of rotatable bonds is 6. The average Bonchev–Trinajstić information content (AvgIpc) is 2.53. The number of piperidine rings is 1. The molecule has 21 heavy (non-hydrogen) atoms. The molecule has 0 bridgehead atoms. The molecule has 6 nitrogen and oxygen atoms in total. The Morgan fingerprint density at radius 3 is 2.62 bits per heavy atom. The molecule has 1 saturated heterocycles. The van der Waals surface area contributed by atoms with Crippen LogP contribution < -0.4 is 10.1 Å². The molecule has 0 aromatic carbocycles. The van der Waals surface area contributed by atoms with Crippen LogP contribution in [0.15, 0.2) is 23.2 Å². The van der Waals surface area contributed by atoms with Crippen molar-refractivity contribution in [1.29, 1.82) is 0 Å². The number of aromatic nitrogens is 1. The molecule has 1 N–H and O–H groups in total. The lowest BCUT2D eigenvalue weighted by molar-refractivity contribution is 0.268. The van der Waals surface area contributed by atoms with Gasteiger partial charge in [-0.25, -0.2) is 13.4 Å². The second-order valence-corrected chi connectivity index (χ2v) is 7.13. The highest BCUT2D eigenvalue weighted by Crippen LogP contribution is 2.23. The van der Waals surface area contributed by atoms with Gasteiger partial charge in [-0.2, -0.15) is 4.31 Å². The van der Waals surface area contributed by atoms with Crippen molar-refractivity contribution in [3.8, 4) is 5.88 Å². The Morgan fingerprint density at radius 2 is 2.10 bits per heavy atom. The van der Waals surface area contributed by atoms with Crippen molar-refractivity contribution < 1.29 is 13.2 Å². The van der Waals surface area contributed by atoms with Crippen molar-refractivity contribution in [3.05, 3.63) is 18.3 Å². The second kappa shape index (κ2) is 7.20. The maximum Gasteiger partial charge on any atom is 0.244 e. The van der Waals surface area contributed by atoms with Crippen LogP contribution in [-0.2, 0) is 10.0 Å². The summed E-state index contributed by atoms with van der Waals surface area (Å²) in [4.78, 5) is 4.21. The molecule has 0 saturated carbocycles. The molecule has 0 amide bonds. The Hall–Kier alpha value is -1.18. The molecule has 1 aliphatic rings. The molecule has 0 unspecified atom stereocenters. The topological polar surface area (TPSA) is 71.5 Å². The van der Waals surface area contributed by atoms with Crippen LogP contribution in [0.4, 0.5) is 0 Å². The van der Waals surface area contributed by atoms with Gasteiger partial charge in [0.15, 0.2) is 0 Å². The Morgan fingerprint density at radius 1 is 1.38 bits per heavy atom. The lowest BCUT2D eigenvalue weighted by atomic mass is 9.98. The summed E-state index contributed by atoms with van der Waals surface area (Å²) in [5, 5.41) is 3.32. The van der Waals surface area contributed by atoms with Crippen LogP contribution >= 0.6 is 0 Å². The normalized spacial score (nSPS) is 17.8. The SMILES string of the molecule is CCNCC1CCN(S(=O)(=O)c2ccc(OC)nc2)CC1. The van der Waals surface area contributed by atoms with E-state index in [1.807, 2.05) is 0 Å². The van der Waals surface area contributed by atoms with E-state index in [2.05, 4.69) is 17.2 Å². The fourth-order valence-corrected chi connectivity index (χ4v) is 3.91. The number of nitrogens with one attached hydrogen (secondary N) is 1. The number of methoxy groups -OCH3 is 1. The maximum absolute atomic E-state index is 12.5. The Balaban J connectivity index is 2.00. The minimum atomic E-state index is -3.44. The van der Waals surface area contributed by atoms with Gasteiger partial charge in [-0.15, -0.1) is 0 Å². The number of ether oxygens (including phenoxy) is 1. The number of hydrogen-bond acceptors (Lipinski definition) is 5. The van der Waals surface area contributed by atoms with Gasteiger partial charge >= 0.3 is 0 Å². The molecule has 7 heteroatoms. The lowest BCUT2D eigenvalue weighted by Crippen LogP contribution is -2.40. The van der Waals surface area contributed by atoms with Crippen LogP contribution in [0.1, 0.15) is 19.8 Å². The molecule has 1 aliphatic heterocycles. The lowest BCUT2D eigenvalue weighted by Gasteiger charge is -2.31. The van der Waals surface area contributed by atoms with Gasteiger partial charge in [0.2, 0.25) is 15.9 Å². The van der Waals surface area contributed by atoms with E-state index in [-0.39, 0.29) is 4.90 Å². The fraction of sp³-hybridized carbons (Fsp3) is 0.643. The molecule has 0 spiro atoms. The smallest absolute Gasteiger partial charge is 0.244 e. The van der Waals surface area contributed by atoms with Crippen LogP contribution in [0.3, 0.4) is 0 Å². The third kappa shape index (κ3) is 3.93. The molecular formula is C14H23N3O3S. The zero-order valence-corrected chi connectivity index (χ0v) is 13.4. The van der Waals surface area contributed by atoms with E-state index in [1.165, 1.54) is 13.3 Å². The first-order valence-corrected chi connectivity index (χ1v) is 8.73. The maximum atomic E-state index is 12.5. The van der Waals surface area contributed by atoms with E-state index < -0.39 is 10.0 Å². The predicted octanol–water partition coefficient (Wildman–Crippen LogP) is 1.10. The monoisotopic (exact) mass is 313 g/mol. The summed E-state index contributed by atoms with van der Waals surface area (Å²) >= 11 is 0. The van der Waals surface area contributed by atoms with Gasteiger partial charge in [0.05, 0.1) is 13.3 Å². The first kappa shape index (κ1) is 16.2. The minimum absolute atomic E-state index is 0.230. The molecule has 1 aromatic heterocycles. The van der Waals surface area contributed by atoms with Gasteiger partial charge in [0, 0.05) is 19.2 Å². The van der Waals surface area contributed by atoms with E-state index in [1.54, 1.807) is 16.4 Å². The summed E-state index contributed by atoms with van der Waals surface area (Å²) in [6.07, 6.45) is 3.16. The predicted molar refractivity (Wildman–Crippen MR) is 80.8 cm³/mol. The molecule has 118 valence electrons. The summed E-state index contributed by atoms with van der Waals surface area (Å²) in [5.74, 6) is 0.976. The van der Waals surface area contributed by atoms with Crippen LogP contribution in [0.25, 0.3) is 0 Å². The molecule has 1 aromatic rings. The van der Waals surface area contributed by atoms with E-state index in [0.29, 0.717) is 24.9 Å². The van der Waals surface area contributed by atoms with E-state index in [0.717, 1.165) is 25.9 Å². The molecule has 2 rings (SSSR count). The van der Waals surface area contributed by atoms with Crippen molar-refractivity contribution in [2.45, 2.75) is 24.7 Å². The summed E-state index contributed by atoms with van der Waals surface area (Å²) in [5.41, 5.74) is 0. The second-order valence-electron chi connectivity index (χ2n) is 5.19. The first-order chi connectivity index (χ1) is 10.1. The third-order valence-corrected chi connectivity index (χ3v) is 5.69. The number of nitrogens with zero attached hydrogens (tertiary/aromatic N) is 2. The quantitative estimate of drug-likeness (QED) is 0.851. The van der Waals surface area contributed by atoms with Gasteiger partial charge in [-0.05, 0) is 37.9 Å². The number of hydrogen-bond donors (Lipinski definition) is 1. The molecule has 1 fully saturated rings. The Bertz CT molecular complexity index is 537. The zero-order valence-electron chi connectivity index (χ0n) is 12.6. The van der Waals surface area contributed by atoms with Crippen molar-refractivity contribution in [2.24, 2.45) is 5.92 Å². The highest BCUT2D eigenvalue weighted by atomic mass is 32.2. The summed E-state index contributed by atoms with van der Waals surface area (Å²) in [6, 6.07) is 3.12. The van der Waals surface area contributed by atoms with Gasteiger partial charge < -0.3 is 10.1 Å². The Labute approximate surface area is 126 Å². The summed E-state index contributed by atoms with van der Waals surface area (Å²) in [7, 11) is -1.93. The van der Waals surface area contributed by atoms with Gasteiger partial charge in [-0.1, -0.05) is 6.92 Å². The van der Waals surface area contributed by atoms with Crippen molar-refractivity contribution >= 4 is 10.0 Å². The molecule has 0 aliphatic carbocycles. The average molecular weight is 313 g/mol. The molecule has 0 atom stereocenters. The van der Waals surface area contributed by atoms with Crippen LogP contribution in [-0.4, -0.2) is 51.0 Å². The van der Waals surface area contributed by atoms with Crippen LogP contribution in [0, 0.1) is 5.92 Å². The first-order valence-electron chi connectivity index (χ1n) is 7.28. The zero-order chi connectivity index (χ0) is 15.3. The largest absolute Gasteiger partial charge is 0.481 e. The van der Waals surface area contributed by atoms with Gasteiger partial charge in [0.1, 0.15) is 4.90 Å². The van der Waals surface area contributed by atoms with E-state index >= 15 is 0 Å². The summed E-state index contributed by atoms with van der Waals surface area (Å²) in [6.45, 7) is 5.15. The van der Waals surface area contributed by atoms with Crippen molar-refractivity contribution in [2.75, 3.05) is 33.3 Å². The van der Waals surface area contributed by atoms with E-state index in [9.17, 15) is 8.42 Å². The highest BCUT2D eigenvalue weighted by molar-refractivity contribution is 7.89.